The van der Waals surface area contributed by atoms with Crippen LogP contribution in [0.15, 0.2) is 64.7 Å². The first-order chi connectivity index (χ1) is 10.3. The minimum atomic E-state index is 0.780. The molecule has 104 valence electrons. The Morgan fingerprint density at radius 3 is 2.52 bits per heavy atom. The minimum Gasteiger partial charge on any atom is -0.442 e. The van der Waals surface area contributed by atoms with Crippen LogP contribution in [0.5, 0.6) is 0 Å². The highest BCUT2D eigenvalue weighted by Crippen LogP contribution is 2.25. The van der Waals surface area contributed by atoms with Crippen molar-refractivity contribution < 1.29 is 4.42 Å². The molecule has 0 radical (unpaired) electrons. The van der Waals surface area contributed by atoms with Crippen molar-refractivity contribution in [3.63, 3.8) is 0 Å². The van der Waals surface area contributed by atoms with E-state index in [0.29, 0.717) is 0 Å². The summed E-state index contributed by atoms with van der Waals surface area (Å²) in [6.45, 7) is 0. The predicted molar refractivity (Wildman–Crippen MR) is 90.1 cm³/mol. The van der Waals surface area contributed by atoms with Crippen molar-refractivity contribution >= 4 is 34.5 Å². The minimum absolute atomic E-state index is 0.780. The van der Waals surface area contributed by atoms with Gasteiger partial charge in [0, 0.05) is 18.0 Å². The van der Waals surface area contributed by atoms with Gasteiger partial charge >= 0.3 is 0 Å². The largest absolute Gasteiger partial charge is 0.442 e. The topological polar surface area (TPSA) is 63.3 Å². The SMILES string of the molecule is Ic1ncoc1-c1ccc(NN=Cc2ccncc2)cc1. The van der Waals surface area contributed by atoms with E-state index in [1.54, 1.807) is 18.6 Å². The van der Waals surface area contributed by atoms with Crippen LogP contribution in [0.4, 0.5) is 5.69 Å². The van der Waals surface area contributed by atoms with Crippen molar-refractivity contribution in [2.75, 3.05) is 5.43 Å². The Morgan fingerprint density at radius 1 is 1.10 bits per heavy atom. The number of nitrogens with one attached hydrogen (secondary N) is 1. The standard InChI is InChI=1S/C15H11IN4O/c16-15-14(21-10-18-15)12-1-3-13(4-2-12)20-19-9-11-5-7-17-8-6-11/h1-10,20H. The summed E-state index contributed by atoms with van der Waals surface area (Å²) >= 11 is 2.15. The molecule has 0 bridgehead atoms. The highest BCUT2D eigenvalue weighted by Gasteiger charge is 2.07. The molecule has 0 aliphatic carbocycles. The second-order valence-corrected chi connectivity index (χ2v) is 5.22. The van der Waals surface area contributed by atoms with Crippen LogP contribution in [-0.4, -0.2) is 16.2 Å². The smallest absolute Gasteiger partial charge is 0.182 e. The second kappa shape index (κ2) is 6.49. The number of pyridine rings is 1. The first-order valence-corrected chi connectivity index (χ1v) is 7.29. The molecular weight excluding hydrogens is 379 g/mol. The average Bonchev–Trinajstić information content (AvgIpc) is 2.95. The number of hydrogen-bond acceptors (Lipinski definition) is 5. The van der Waals surface area contributed by atoms with E-state index in [2.05, 4.69) is 43.1 Å². The summed E-state index contributed by atoms with van der Waals surface area (Å²) in [5.74, 6) is 0.780. The lowest BCUT2D eigenvalue weighted by atomic mass is 10.2. The normalized spacial score (nSPS) is 10.9. The van der Waals surface area contributed by atoms with Gasteiger partial charge in [-0.25, -0.2) is 4.98 Å². The van der Waals surface area contributed by atoms with Crippen LogP contribution in [0, 0.1) is 3.70 Å². The first-order valence-electron chi connectivity index (χ1n) is 6.21. The van der Waals surface area contributed by atoms with Crippen molar-refractivity contribution in [3.05, 3.63) is 64.4 Å². The van der Waals surface area contributed by atoms with E-state index in [4.69, 9.17) is 4.42 Å². The second-order valence-electron chi connectivity index (χ2n) is 4.20. The van der Waals surface area contributed by atoms with E-state index in [0.717, 1.165) is 26.3 Å². The van der Waals surface area contributed by atoms with E-state index in [9.17, 15) is 0 Å². The highest BCUT2D eigenvalue weighted by atomic mass is 127. The van der Waals surface area contributed by atoms with Crippen molar-refractivity contribution in [1.29, 1.82) is 0 Å². The summed E-state index contributed by atoms with van der Waals surface area (Å²) in [7, 11) is 0. The van der Waals surface area contributed by atoms with Gasteiger partial charge < -0.3 is 4.42 Å². The van der Waals surface area contributed by atoms with Crippen LogP contribution in [0.1, 0.15) is 5.56 Å². The molecule has 0 amide bonds. The van der Waals surface area contributed by atoms with Crippen molar-refractivity contribution in [2.45, 2.75) is 0 Å². The molecule has 0 atom stereocenters. The molecule has 2 aromatic heterocycles. The summed E-state index contributed by atoms with van der Waals surface area (Å²) in [4.78, 5) is 8.03. The van der Waals surface area contributed by atoms with Gasteiger partial charge in [0.05, 0.1) is 11.9 Å². The third-order valence-corrected chi connectivity index (χ3v) is 3.55. The van der Waals surface area contributed by atoms with Gasteiger partial charge in [0.1, 0.15) is 3.70 Å². The van der Waals surface area contributed by atoms with Crippen LogP contribution < -0.4 is 5.43 Å². The summed E-state index contributed by atoms with van der Waals surface area (Å²) in [6.07, 6.45) is 6.65. The van der Waals surface area contributed by atoms with E-state index in [1.807, 2.05) is 36.4 Å². The molecule has 21 heavy (non-hydrogen) atoms. The van der Waals surface area contributed by atoms with Crippen LogP contribution in [0.3, 0.4) is 0 Å². The molecule has 1 N–H and O–H groups in total. The van der Waals surface area contributed by atoms with Crippen molar-refractivity contribution in [3.8, 4) is 11.3 Å². The number of anilines is 1. The molecule has 1 aromatic carbocycles. The molecule has 0 unspecified atom stereocenters. The summed E-state index contributed by atoms with van der Waals surface area (Å²) < 4.78 is 6.21. The fourth-order valence-electron chi connectivity index (χ4n) is 1.75. The Morgan fingerprint density at radius 2 is 1.86 bits per heavy atom. The summed E-state index contributed by atoms with van der Waals surface area (Å²) in [5, 5.41) is 4.18. The molecular formula is C15H11IN4O. The zero-order valence-electron chi connectivity index (χ0n) is 10.9. The van der Waals surface area contributed by atoms with Gasteiger partial charge in [-0.05, 0) is 64.6 Å². The van der Waals surface area contributed by atoms with Gasteiger partial charge in [-0.3, -0.25) is 10.4 Å². The maximum absolute atomic E-state index is 5.35. The van der Waals surface area contributed by atoms with Crippen LogP contribution >= 0.6 is 22.6 Å². The van der Waals surface area contributed by atoms with Crippen LogP contribution in [0.2, 0.25) is 0 Å². The number of hydrazone groups is 1. The van der Waals surface area contributed by atoms with Gasteiger partial charge in [-0.15, -0.1) is 0 Å². The summed E-state index contributed by atoms with van der Waals surface area (Å²) in [5.41, 5.74) is 5.86. The predicted octanol–water partition coefficient (Wildman–Crippen LogP) is 3.79. The van der Waals surface area contributed by atoms with Crippen LogP contribution in [0.25, 0.3) is 11.3 Å². The number of nitrogens with zero attached hydrogens (tertiary/aromatic N) is 3. The highest BCUT2D eigenvalue weighted by molar-refractivity contribution is 14.1. The number of benzene rings is 1. The Hall–Kier alpha value is -2.22. The molecule has 3 rings (SSSR count). The number of rotatable bonds is 4. The average molecular weight is 390 g/mol. The number of halogens is 1. The molecule has 0 saturated carbocycles. The lowest BCUT2D eigenvalue weighted by molar-refractivity contribution is 0.571. The Labute approximate surface area is 135 Å². The Balaban J connectivity index is 1.68. The van der Waals surface area contributed by atoms with Gasteiger partial charge in [0.2, 0.25) is 0 Å². The molecule has 3 aromatic rings. The molecule has 0 saturated heterocycles. The molecule has 0 fully saturated rings. The van der Waals surface area contributed by atoms with E-state index in [-0.39, 0.29) is 0 Å². The number of oxazole rings is 1. The molecule has 5 nitrogen and oxygen atoms in total. The van der Waals surface area contributed by atoms with E-state index >= 15 is 0 Å². The monoisotopic (exact) mass is 390 g/mol. The van der Waals surface area contributed by atoms with Gasteiger partial charge in [-0.2, -0.15) is 5.10 Å². The summed E-state index contributed by atoms with van der Waals surface area (Å²) in [6, 6.07) is 11.6. The molecule has 6 heteroatoms. The maximum atomic E-state index is 5.35. The lowest BCUT2D eigenvalue weighted by Crippen LogP contribution is -1.90. The fraction of sp³-hybridized carbons (Fsp3) is 0. The first kappa shape index (κ1) is 13.7. The molecule has 2 heterocycles. The third kappa shape index (κ3) is 3.46. The molecule has 0 aliphatic rings. The van der Waals surface area contributed by atoms with Gasteiger partial charge in [0.25, 0.3) is 0 Å². The van der Waals surface area contributed by atoms with Crippen LogP contribution in [-0.2, 0) is 0 Å². The van der Waals surface area contributed by atoms with E-state index in [1.165, 1.54) is 6.39 Å². The lowest BCUT2D eigenvalue weighted by Gasteiger charge is -2.02. The molecule has 0 spiro atoms. The van der Waals surface area contributed by atoms with Gasteiger partial charge in [-0.1, -0.05) is 0 Å². The zero-order chi connectivity index (χ0) is 14.5. The quantitative estimate of drug-likeness (QED) is 0.418. The third-order valence-electron chi connectivity index (χ3n) is 2.78. The maximum Gasteiger partial charge on any atom is 0.182 e. The number of hydrogen-bond donors (Lipinski definition) is 1. The van der Waals surface area contributed by atoms with E-state index < -0.39 is 0 Å². The molecule has 0 aliphatic heterocycles. The van der Waals surface area contributed by atoms with Gasteiger partial charge in [0.15, 0.2) is 12.2 Å². The zero-order valence-corrected chi connectivity index (χ0v) is 13.1. The van der Waals surface area contributed by atoms with Crippen molar-refractivity contribution in [1.82, 2.24) is 9.97 Å². The Kier molecular flexibility index (Phi) is 4.25. The van der Waals surface area contributed by atoms with Crippen molar-refractivity contribution in [2.24, 2.45) is 5.10 Å². The number of aromatic nitrogens is 2. The Bertz CT molecular complexity index is 738. The fourth-order valence-corrected chi connectivity index (χ4v) is 2.30.